The molecule has 0 bridgehead atoms. The molecule has 3 rings (SSSR count). The van der Waals surface area contributed by atoms with Crippen LogP contribution in [0.15, 0.2) is 57.7 Å². The zero-order valence-electron chi connectivity index (χ0n) is 23.2. The molecule has 3 aromatic rings. The monoisotopic (exact) mass is 603 g/mol. The maximum Gasteiger partial charge on any atom is 0.360 e. The molecule has 0 fully saturated rings. The second-order valence-corrected chi connectivity index (χ2v) is 11.4. The van der Waals surface area contributed by atoms with E-state index >= 15 is 0 Å². The van der Waals surface area contributed by atoms with Crippen molar-refractivity contribution in [2.45, 2.75) is 33.1 Å². The summed E-state index contributed by atoms with van der Waals surface area (Å²) in [6.45, 7) is 5.49. The van der Waals surface area contributed by atoms with Gasteiger partial charge >= 0.3 is 31.2 Å². The van der Waals surface area contributed by atoms with E-state index in [-0.39, 0.29) is 25.1 Å². The molecule has 0 aliphatic carbocycles. The van der Waals surface area contributed by atoms with E-state index in [9.17, 15) is 33.7 Å². The number of nitrogens with zero attached hydrogens (tertiary/aromatic N) is 1. The molecule has 1 unspecified atom stereocenters. The van der Waals surface area contributed by atoms with Crippen molar-refractivity contribution in [3.63, 3.8) is 0 Å². The van der Waals surface area contributed by atoms with Gasteiger partial charge in [-0.25, -0.2) is 9.59 Å². The van der Waals surface area contributed by atoms with Crippen LogP contribution in [0.4, 0.5) is 21.9 Å². The number of aliphatic carboxylic acids is 2. The lowest BCUT2D eigenvalue weighted by atomic mass is 10.1. The summed E-state index contributed by atoms with van der Waals surface area (Å²) in [5.74, 6) is -3.89. The maximum atomic E-state index is 12.5. The van der Waals surface area contributed by atoms with Gasteiger partial charge in [0, 0.05) is 42.3 Å². The predicted octanol–water partition coefficient (Wildman–Crippen LogP) is 4.59. The molecular weight excluding hydrogens is 569 g/mol. The number of carboxylic acid groups (broad SMARTS) is 2. The summed E-state index contributed by atoms with van der Waals surface area (Å²) in [6.07, 6.45) is -1.20. The van der Waals surface area contributed by atoms with Crippen molar-refractivity contribution < 1.29 is 43.0 Å². The highest BCUT2D eigenvalue weighted by molar-refractivity contribution is 7.52. The van der Waals surface area contributed by atoms with Crippen molar-refractivity contribution >= 4 is 53.6 Å². The topological polar surface area (TPSA) is 196 Å². The summed E-state index contributed by atoms with van der Waals surface area (Å²) in [7, 11) is -4.27. The number of carbonyl (C=O) groups excluding carboxylic acids is 1. The first-order valence-corrected chi connectivity index (χ1v) is 15.1. The lowest BCUT2D eigenvalue weighted by molar-refractivity contribution is -0.142. The third-order valence-electron chi connectivity index (χ3n) is 6.50. The number of carboxylic acids is 2. The average Bonchev–Trinajstić information content (AvgIpc) is 2.93. The molecule has 0 aliphatic rings. The van der Waals surface area contributed by atoms with Crippen LogP contribution in [0.5, 0.6) is 0 Å². The molecule has 2 amide bonds. The quantitative estimate of drug-likeness (QED) is 0.120. The van der Waals surface area contributed by atoms with Crippen molar-refractivity contribution in [1.29, 1.82) is 0 Å². The van der Waals surface area contributed by atoms with Crippen LogP contribution in [0.3, 0.4) is 0 Å². The number of benzene rings is 2. The van der Waals surface area contributed by atoms with Gasteiger partial charge in [0.05, 0.1) is 18.7 Å². The Morgan fingerprint density at radius 2 is 1.71 bits per heavy atom. The largest absolute Gasteiger partial charge is 0.481 e. The number of fused-ring (bicyclic) bond motifs is 1. The molecule has 1 aromatic heterocycles. The zero-order chi connectivity index (χ0) is 30.9. The fourth-order valence-electron chi connectivity index (χ4n) is 4.24. The smallest absolute Gasteiger partial charge is 0.360 e. The molecule has 0 saturated heterocycles. The summed E-state index contributed by atoms with van der Waals surface area (Å²) in [4.78, 5) is 59.1. The highest BCUT2D eigenvalue weighted by atomic mass is 31.2. The highest BCUT2D eigenvalue weighted by Crippen LogP contribution is 2.44. The van der Waals surface area contributed by atoms with E-state index in [1.807, 2.05) is 26.0 Å². The van der Waals surface area contributed by atoms with Gasteiger partial charge in [-0.05, 0) is 62.6 Å². The van der Waals surface area contributed by atoms with Gasteiger partial charge in [0.1, 0.15) is 11.3 Å². The molecule has 14 heteroatoms. The van der Waals surface area contributed by atoms with Crippen LogP contribution in [-0.2, 0) is 25.1 Å². The first-order chi connectivity index (χ1) is 19.9. The number of anilines is 3. The van der Waals surface area contributed by atoms with Gasteiger partial charge in [0.2, 0.25) is 0 Å². The van der Waals surface area contributed by atoms with Crippen LogP contribution in [-0.4, -0.2) is 58.9 Å². The van der Waals surface area contributed by atoms with E-state index in [0.29, 0.717) is 22.2 Å². The fraction of sp³-hybridized carbons (Fsp3) is 0.357. The normalized spacial score (nSPS) is 13.2. The predicted molar refractivity (Wildman–Crippen MR) is 157 cm³/mol. The van der Waals surface area contributed by atoms with Gasteiger partial charge in [-0.15, -0.1) is 0 Å². The zero-order valence-corrected chi connectivity index (χ0v) is 24.1. The minimum absolute atomic E-state index is 0.0223. The molecule has 42 heavy (non-hydrogen) atoms. The van der Waals surface area contributed by atoms with Crippen molar-refractivity contribution in [2.75, 3.05) is 41.4 Å². The molecule has 13 nitrogen and oxygen atoms in total. The summed E-state index contributed by atoms with van der Waals surface area (Å²) in [5, 5.41) is 23.7. The Morgan fingerprint density at radius 3 is 2.33 bits per heavy atom. The molecule has 2 aromatic carbocycles. The third-order valence-corrected chi connectivity index (χ3v) is 7.99. The van der Waals surface area contributed by atoms with Gasteiger partial charge in [-0.1, -0.05) is 12.1 Å². The van der Waals surface area contributed by atoms with Crippen LogP contribution in [0.1, 0.15) is 32.3 Å². The van der Waals surface area contributed by atoms with E-state index < -0.39 is 49.7 Å². The Labute approximate surface area is 241 Å². The first-order valence-electron chi connectivity index (χ1n) is 13.3. The van der Waals surface area contributed by atoms with Crippen LogP contribution >= 0.6 is 7.60 Å². The van der Waals surface area contributed by atoms with Crippen molar-refractivity contribution in [3.05, 3.63) is 64.5 Å². The lowest BCUT2D eigenvalue weighted by Gasteiger charge is -2.21. The molecule has 2 atom stereocenters. The molecule has 0 aliphatic heterocycles. The van der Waals surface area contributed by atoms with Crippen LogP contribution in [0, 0.1) is 5.92 Å². The Bertz CT molecular complexity index is 1520. The number of rotatable bonds is 15. The van der Waals surface area contributed by atoms with Crippen LogP contribution < -0.4 is 21.2 Å². The summed E-state index contributed by atoms with van der Waals surface area (Å²) < 4.78 is 22.8. The van der Waals surface area contributed by atoms with E-state index in [4.69, 9.17) is 14.0 Å². The van der Waals surface area contributed by atoms with Crippen molar-refractivity contribution in [1.82, 2.24) is 0 Å². The van der Waals surface area contributed by atoms with Gasteiger partial charge in [-0.2, -0.15) is 0 Å². The minimum Gasteiger partial charge on any atom is -0.481 e. The second-order valence-electron chi connectivity index (χ2n) is 9.49. The molecule has 0 saturated carbocycles. The Hall–Kier alpha value is -4.19. The number of carbonyl (C=O) groups is 3. The lowest BCUT2D eigenvalue weighted by Crippen LogP contribution is -2.23. The summed E-state index contributed by atoms with van der Waals surface area (Å²) in [6, 6.07) is 12.9. The number of nitrogens with one attached hydrogen (secondary N) is 2. The Balaban J connectivity index is 1.53. The molecular formula is C28H34N3O10P. The molecule has 1 heterocycles. The Kier molecular flexibility index (Phi) is 11.3. The average molecular weight is 604 g/mol. The summed E-state index contributed by atoms with van der Waals surface area (Å²) in [5.41, 5.74) is 1.75. The number of hydrogen-bond acceptors (Lipinski definition) is 8. The third kappa shape index (κ3) is 9.44. The van der Waals surface area contributed by atoms with Gasteiger partial charge < -0.3 is 39.6 Å². The van der Waals surface area contributed by atoms with E-state index in [0.717, 1.165) is 18.8 Å². The van der Waals surface area contributed by atoms with Crippen LogP contribution in [0.2, 0.25) is 0 Å². The van der Waals surface area contributed by atoms with Gasteiger partial charge in [0.25, 0.3) is 0 Å². The van der Waals surface area contributed by atoms with E-state index in [1.165, 1.54) is 0 Å². The molecule has 5 N–H and O–H groups in total. The summed E-state index contributed by atoms with van der Waals surface area (Å²) >= 11 is 0. The van der Waals surface area contributed by atoms with Crippen LogP contribution in [0.25, 0.3) is 11.0 Å². The van der Waals surface area contributed by atoms with Crippen molar-refractivity contribution in [2.24, 2.45) is 5.92 Å². The highest BCUT2D eigenvalue weighted by Gasteiger charge is 2.30. The Morgan fingerprint density at radius 1 is 1.02 bits per heavy atom. The molecule has 226 valence electrons. The second kappa shape index (κ2) is 14.6. The number of hydrogen-bond donors (Lipinski definition) is 5. The number of urea groups is 1. The number of amides is 2. The molecule has 0 spiro atoms. The van der Waals surface area contributed by atoms with Crippen molar-refractivity contribution in [3.8, 4) is 0 Å². The SMILES string of the molecule is CCN(CC)c1ccc2cc(NC(=O)Nc3ccc(CCOP(=O)(O)C[C@@H](CCC(=O)O)C(=O)O)cc3)c(=O)oc2c1. The van der Waals surface area contributed by atoms with E-state index in [2.05, 4.69) is 15.5 Å². The fourth-order valence-corrected chi connectivity index (χ4v) is 5.62. The minimum atomic E-state index is -4.27. The molecule has 0 radical (unpaired) electrons. The van der Waals surface area contributed by atoms with E-state index in [1.54, 1.807) is 36.4 Å². The maximum absolute atomic E-state index is 12.5. The first kappa shape index (κ1) is 32.3. The standard InChI is InChI=1S/C28H34N3O10P/c1-3-31(4-2)22-11-7-19-15-23(27(36)41-24(19)16-22)30-28(37)29-21-9-5-18(6-10-21)13-14-40-42(38,39)17-20(26(34)35)8-12-25(32)33/h5-7,9-11,15-16,20H,3-4,8,12-14,17H2,1-2H3,(H,32,33)(H,34,35)(H,38,39)(H2,29,30,37)/t20-/m1/s1. The van der Waals surface area contributed by atoms with Gasteiger partial charge in [0.15, 0.2) is 0 Å². The van der Waals surface area contributed by atoms with Gasteiger partial charge in [-0.3, -0.25) is 14.2 Å².